The molecule has 0 heterocycles. The summed E-state index contributed by atoms with van der Waals surface area (Å²) in [7, 11) is 12.0. The van der Waals surface area contributed by atoms with Gasteiger partial charge in [-0.15, -0.1) is 0 Å². The minimum absolute atomic E-state index is 0.470. The molecule has 0 fully saturated rings. The number of halogens is 2. The Morgan fingerprint density at radius 1 is 0.565 bits per heavy atom. The monoisotopic (exact) mass is 494 g/mol. The molecule has 0 aliphatic carbocycles. The van der Waals surface area contributed by atoms with Crippen molar-refractivity contribution in [3.63, 3.8) is 0 Å². The van der Waals surface area contributed by atoms with Gasteiger partial charge in [-0.2, -0.15) is 0 Å². The van der Waals surface area contributed by atoms with Crippen molar-refractivity contribution < 1.29 is 41.9 Å². The molecule has 134 valence electrons. The van der Waals surface area contributed by atoms with Crippen LogP contribution in [-0.2, 0) is 12.5 Å². The third kappa shape index (κ3) is 2.90. The summed E-state index contributed by atoms with van der Waals surface area (Å²) in [5, 5.41) is -0.940. The Labute approximate surface area is 142 Å². The van der Waals surface area contributed by atoms with E-state index in [0.717, 1.165) is 24.3 Å². The summed E-state index contributed by atoms with van der Waals surface area (Å²) in [6, 6.07) is 13.1. The van der Waals surface area contributed by atoms with Crippen molar-refractivity contribution in [1.82, 2.24) is 0 Å². The van der Waals surface area contributed by atoms with Gasteiger partial charge in [-0.3, -0.25) is 0 Å². The predicted molar refractivity (Wildman–Crippen MR) is 91.0 cm³/mol. The van der Waals surface area contributed by atoms with Crippen molar-refractivity contribution in [2.45, 2.75) is 0 Å². The summed E-state index contributed by atoms with van der Waals surface area (Å²) >= 11 is -5.50. The summed E-state index contributed by atoms with van der Waals surface area (Å²) in [4.78, 5) is 63.2. The molecule has 2 rings (SSSR count). The van der Waals surface area contributed by atoms with Gasteiger partial charge in [-0.1, -0.05) is 0 Å². The summed E-state index contributed by atoms with van der Waals surface area (Å²) in [6.45, 7) is 0. The molecule has 0 amide bonds. The molecular formula is C12H16Cl2O6P2Pd. The predicted octanol–water partition coefficient (Wildman–Crippen LogP) is 1.48. The average Bonchev–Trinajstić information content (AvgIpc) is 2.48. The summed E-state index contributed by atoms with van der Waals surface area (Å²) in [6.07, 6.45) is 0. The molecule has 0 aliphatic heterocycles. The van der Waals surface area contributed by atoms with Crippen LogP contribution in [0.5, 0.6) is 0 Å². The second-order valence-corrected chi connectivity index (χ2v) is 33.5. The van der Waals surface area contributed by atoms with Crippen molar-refractivity contribution in [2.24, 2.45) is 0 Å². The molecule has 2 aromatic carbocycles. The molecule has 23 heavy (non-hydrogen) atoms. The van der Waals surface area contributed by atoms with Crippen LogP contribution in [0.1, 0.15) is 0 Å². The molecule has 0 atom stereocenters. The first kappa shape index (κ1) is 19.6. The zero-order valence-electron chi connectivity index (χ0n) is 11.4. The second-order valence-electron chi connectivity index (χ2n) is 4.65. The maximum absolute atomic E-state index is 10.5. The SMILES string of the molecule is O[P](O)(O)(c1ccccc1)[Pd]([Cl])([Cl])[P](O)(O)(O)c1ccccc1. The number of benzene rings is 2. The van der Waals surface area contributed by atoms with Gasteiger partial charge in [0.1, 0.15) is 0 Å². The van der Waals surface area contributed by atoms with Crippen LogP contribution in [-0.4, -0.2) is 29.4 Å². The maximum atomic E-state index is 10.5. The molecule has 0 saturated heterocycles. The molecule has 2 aromatic rings. The summed E-state index contributed by atoms with van der Waals surface area (Å²) in [5.74, 6) is 0. The van der Waals surface area contributed by atoms with E-state index in [4.69, 9.17) is 19.1 Å². The Hall–Kier alpha value is 0.302. The van der Waals surface area contributed by atoms with Gasteiger partial charge in [-0.05, 0) is 0 Å². The van der Waals surface area contributed by atoms with Gasteiger partial charge in [0.15, 0.2) is 0 Å². The molecule has 0 spiro atoms. The molecule has 0 aromatic heterocycles. The van der Waals surface area contributed by atoms with Gasteiger partial charge in [-0.25, -0.2) is 0 Å². The van der Waals surface area contributed by atoms with Crippen molar-refractivity contribution in [2.75, 3.05) is 0 Å². The fraction of sp³-hybridized carbons (Fsp3) is 0. The van der Waals surface area contributed by atoms with Crippen LogP contribution in [0.25, 0.3) is 0 Å². The van der Waals surface area contributed by atoms with E-state index >= 15 is 0 Å². The summed E-state index contributed by atoms with van der Waals surface area (Å²) < 4.78 is 0. The third-order valence-corrected chi connectivity index (χ3v) is 40.5. The van der Waals surface area contributed by atoms with E-state index in [-0.39, 0.29) is 0 Å². The average molecular weight is 496 g/mol. The first-order chi connectivity index (χ1) is 10.3. The first-order valence-electron chi connectivity index (χ1n) is 5.99. The van der Waals surface area contributed by atoms with E-state index in [0.29, 0.717) is 0 Å². The van der Waals surface area contributed by atoms with Gasteiger partial charge in [0.2, 0.25) is 0 Å². The van der Waals surface area contributed by atoms with Crippen LogP contribution in [0, 0.1) is 0 Å². The number of hydrogen-bond donors (Lipinski definition) is 6. The zero-order chi connectivity index (χ0) is 17.6. The first-order valence-corrected chi connectivity index (χ1v) is 18.0. The van der Waals surface area contributed by atoms with Crippen LogP contribution in [0.3, 0.4) is 0 Å². The van der Waals surface area contributed by atoms with Crippen LogP contribution in [0.15, 0.2) is 60.7 Å². The van der Waals surface area contributed by atoms with Crippen molar-refractivity contribution >= 4 is 40.6 Å². The van der Waals surface area contributed by atoms with Crippen molar-refractivity contribution in [3.8, 4) is 0 Å². The van der Waals surface area contributed by atoms with E-state index in [1.807, 2.05) is 0 Å². The molecule has 6 N–H and O–H groups in total. The van der Waals surface area contributed by atoms with Gasteiger partial charge in [0.25, 0.3) is 0 Å². The van der Waals surface area contributed by atoms with Crippen molar-refractivity contribution in [3.05, 3.63) is 60.7 Å². The summed E-state index contributed by atoms with van der Waals surface area (Å²) in [5.41, 5.74) is -12.4. The van der Waals surface area contributed by atoms with Crippen LogP contribution < -0.4 is 10.6 Å². The minimum atomic E-state index is -6.20. The zero-order valence-corrected chi connectivity index (χ0v) is 16.3. The van der Waals surface area contributed by atoms with Crippen LogP contribution >= 0.6 is 30.0 Å². The molecule has 6 nitrogen and oxygen atoms in total. The van der Waals surface area contributed by atoms with Crippen LogP contribution in [0.2, 0.25) is 0 Å². The van der Waals surface area contributed by atoms with Gasteiger partial charge < -0.3 is 0 Å². The van der Waals surface area contributed by atoms with Gasteiger partial charge in [0, 0.05) is 0 Å². The number of rotatable bonds is 4. The second kappa shape index (κ2) is 5.66. The fourth-order valence-electron chi connectivity index (χ4n) is 1.76. The molecule has 11 heteroatoms. The van der Waals surface area contributed by atoms with Gasteiger partial charge in [0.05, 0.1) is 0 Å². The third-order valence-electron chi connectivity index (χ3n) is 3.00. The molecule has 0 saturated carbocycles. The van der Waals surface area contributed by atoms with E-state index in [2.05, 4.69) is 0 Å². The Balaban J connectivity index is 2.74. The Morgan fingerprint density at radius 2 is 0.826 bits per heavy atom. The van der Waals surface area contributed by atoms with E-state index in [1.165, 1.54) is 36.4 Å². The molecule has 0 radical (unpaired) electrons. The molecular weight excluding hydrogens is 479 g/mol. The van der Waals surface area contributed by atoms with E-state index in [9.17, 15) is 29.4 Å². The quantitative estimate of drug-likeness (QED) is 0.282. The van der Waals surface area contributed by atoms with Crippen molar-refractivity contribution in [1.29, 1.82) is 0 Å². The standard InChI is InChI=1S/2C6H8O3P.2ClH.Pd/c2*7-10(8,9)6-4-2-1-3-5-6;;;/h2*1-5,7-9H;2*1H;/q2*+1;;;/p-2. The Kier molecular flexibility index (Phi) is 4.83. The molecule has 0 unspecified atom stereocenters. The number of hydrogen-bond acceptors (Lipinski definition) is 6. The topological polar surface area (TPSA) is 121 Å². The van der Waals surface area contributed by atoms with Crippen LogP contribution in [0.4, 0.5) is 0 Å². The fourth-order valence-corrected chi connectivity index (χ4v) is 26.0. The normalized spacial score (nSPS) is 17.6. The van der Waals surface area contributed by atoms with E-state index in [1.54, 1.807) is 0 Å². The Bertz CT molecular complexity index is 651. The Morgan fingerprint density at radius 3 is 1.09 bits per heavy atom. The van der Waals surface area contributed by atoms with E-state index < -0.39 is 34.1 Å². The molecule has 0 aliphatic rings. The molecule has 0 bridgehead atoms. The van der Waals surface area contributed by atoms with Gasteiger partial charge >= 0.3 is 143 Å².